The molecule has 0 bridgehead atoms. The van der Waals surface area contributed by atoms with Crippen LogP contribution in [0.25, 0.3) is 16.8 Å². The van der Waals surface area contributed by atoms with E-state index in [4.69, 9.17) is 22.1 Å². The average molecular weight is 532 g/mol. The van der Waals surface area contributed by atoms with Crippen LogP contribution in [0.15, 0.2) is 66.9 Å². The van der Waals surface area contributed by atoms with Gasteiger partial charge in [0.15, 0.2) is 11.5 Å². The minimum atomic E-state index is -4.59. The number of ether oxygens (including phenoxy) is 1. The highest BCUT2D eigenvalue weighted by Crippen LogP contribution is 2.39. The highest BCUT2D eigenvalue weighted by atomic mass is 35.5. The number of nitrogens with one attached hydrogen (secondary N) is 1. The first-order valence-corrected chi connectivity index (χ1v) is 11.7. The summed E-state index contributed by atoms with van der Waals surface area (Å²) in [7, 11) is 0. The minimum absolute atomic E-state index is 0.00150. The lowest BCUT2D eigenvalue weighted by atomic mass is 10.00. The number of rotatable bonds is 8. The molecule has 2 aromatic carbocycles. The number of carbonyl (C=O) groups excluding carboxylic acids is 1. The molecule has 2 aromatic heterocycles. The third-order valence-corrected chi connectivity index (χ3v) is 5.83. The van der Waals surface area contributed by atoms with Gasteiger partial charge in [0, 0.05) is 11.8 Å². The van der Waals surface area contributed by atoms with Crippen molar-refractivity contribution < 1.29 is 22.7 Å². The molecule has 1 amide bonds. The van der Waals surface area contributed by atoms with E-state index in [1.807, 2.05) is 30.3 Å². The first-order valence-electron chi connectivity index (χ1n) is 11.4. The molecule has 0 aliphatic heterocycles. The van der Waals surface area contributed by atoms with Gasteiger partial charge >= 0.3 is 6.18 Å². The SMILES string of the molecule is CC(C)(N)C(=O)N[C@H](COCc1ccccc1)c1nnc2c(-c3ccccc3C(F)(F)F)cc(Cl)cn12. The summed E-state index contributed by atoms with van der Waals surface area (Å²) >= 11 is 6.34. The Kier molecular flexibility index (Phi) is 7.54. The van der Waals surface area contributed by atoms with Crippen LogP contribution in [0.3, 0.4) is 0 Å². The van der Waals surface area contributed by atoms with Crippen molar-refractivity contribution in [2.24, 2.45) is 5.73 Å². The Bertz CT molecular complexity index is 1400. The molecule has 37 heavy (non-hydrogen) atoms. The highest BCUT2D eigenvalue weighted by Gasteiger charge is 2.34. The molecule has 3 N–H and O–H groups in total. The molecule has 0 saturated carbocycles. The molecule has 0 fully saturated rings. The zero-order valence-corrected chi connectivity index (χ0v) is 20.8. The standard InChI is InChI=1S/C26H25ClF3N5O2/c1-25(2,31)24(36)32-21(15-37-14-16-8-4-3-5-9-16)23-34-33-22-19(12-17(27)13-35(22)23)18-10-6-7-11-20(18)26(28,29)30/h3-13,21H,14-15,31H2,1-2H3,(H,32,36)/t21-/m1/s1. The molecule has 0 aliphatic rings. The second-order valence-electron chi connectivity index (χ2n) is 9.12. The number of pyridine rings is 1. The molecule has 0 unspecified atom stereocenters. The molecule has 4 aromatic rings. The van der Waals surface area contributed by atoms with Crippen molar-refractivity contribution in [1.29, 1.82) is 0 Å². The van der Waals surface area contributed by atoms with Crippen LogP contribution in [0.2, 0.25) is 5.02 Å². The van der Waals surface area contributed by atoms with Crippen LogP contribution in [0.1, 0.15) is 36.8 Å². The third kappa shape index (κ3) is 6.10. The number of carbonyl (C=O) groups is 1. The van der Waals surface area contributed by atoms with Crippen molar-refractivity contribution in [2.45, 2.75) is 38.2 Å². The summed E-state index contributed by atoms with van der Waals surface area (Å²) in [6.07, 6.45) is -3.11. The average Bonchev–Trinajstić information content (AvgIpc) is 3.26. The first-order chi connectivity index (χ1) is 17.4. The van der Waals surface area contributed by atoms with Crippen molar-refractivity contribution in [3.8, 4) is 11.1 Å². The maximum Gasteiger partial charge on any atom is 0.417 e. The smallest absolute Gasteiger partial charge is 0.374 e. The van der Waals surface area contributed by atoms with Crippen molar-refractivity contribution in [2.75, 3.05) is 6.61 Å². The van der Waals surface area contributed by atoms with Crippen LogP contribution in [0.4, 0.5) is 13.2 Å². The fourth-order valence-corrected chi connectivity index (χ4v) is 3.98. The van der Waals surface area contributed by atoms with Gasteiger partial charge in [-0.15, -0.1) is 10.2 Å². The molecule has 194 valence electrons. The first kappa shape index (κ1) is 26.6. The summed E-state index contributed by atoms with van der Waals surface area (Å²) in [4.78, 5) is 12.7. The van der Waals surface area contributed by atoms with Crippen molar-refractivity contribution in [3.05, 3.63) is 88.8 Å². The van der Waals surface area contributed by atoms with E-state index in [0.717, 1.165) is 11.6 Å². The molecule has 11 heteroatoms. The number of nitrogens with zero attached hydrogens (tertiary/aromatic N) is 3. The third-order valence-electron chi connectivity index (χ3n) is 5.62. The predicted octanol–water partition coefficient (Wildman–Crippen LogP) is 5.18. The van der Waals surface area contributed by atoms with Gasteiger partial charge in [0.25, 0.3) is 0 Å². The second-order valence-corrected chi connectivity index (χ2v) is 9.55. The van der Waals surface area contributed by atoms with Gasteiger partial charge in [-0.2, -0.15) is 13.2 Å². The zero-order valence-electron chi connectivity index (χ0n) is 20.1. The Morgan fingerprint density at radius 2 is 1.76 bits per heavy atom. The Morgan fingerprint density at radius 3 is 2.43 bits per heavy atom. The molecular formula is C26H25ClF3N5O2. The van der Waals surface area contributed by atoms with Gasteiger partial charge in [0.2, 0.25) is 5.91 Å². The molecule has 7 nitrogen and oxygen atoms in total. The number of halogens is 4. The zero-order chi connectivity index (χ0) is 26.8. The molecule has 4 rings (SSSR count). The summed E-state index contributed by atoms with van der Waals surface area (Å²) in [5, 5.41) is 11.4. The normalized spacial score (nSPS) is 13.1. The van der Waals surface area contributed by atoms with Crippen LogP contribution < -0.4 is 11.1 Å². The fourth-order valence-electron chi connectivity index (χ4n) is 3.77. The van der Waals surface area contributed by atoms with Gasteiger partial charge in [-0.1, -0.05) is 60.1 Å². The van der Waals surface area contributed by atoms with Gasteiger partial charge in [0.1, 0.15) is 6.04 Å². The molecular weight excluding hydrogens is 507 g/mol. The van der Waals surface area contributed by atoms with Crippen LogP contribution in [0.5, 0.6) is 0 Å². The number of fused-ring (bicyclic) bond motifs is 1. The molecule has 1 atom stereocenters. The number of nitrogens with two attached hydrogens (primary N) is 1. The molecule has 0 radical (unpaired) electrons. The molecule has 0 aliphatic carbocycles. The number of aromatic nitrogens is 3. The van der Waals surface area contributed by atoms with Crippen LogP contribution >= 0.6 is 11.6 Å². The summed E-state index contributed by atoms with van der Waals surface area (Å²) in [6.45, 7) is 3.36. The topological polar surface area (TPSA) is 94.5 Å². The van der Waals surface area contributed by atoms with E-state index >= 15 is 0 Å². The Hall–Kier alpha value is -3.47. The van der Waals surface area contributed by atoms with Crippen LogP contribution in [-0.2, 0) is 22.3 Å². The number of alkyl halides is 3. The number of benzene rings is 2. The summed E-state index contributed by atoms with van der Waals surface area (Å²) in [6, 6.07) is 15.2. The Morgan fingerprint density at radius 1 is 1.08 bits per heavy atom. The number of hydrogen-bond acceptors (Lipinski definition) is 5. The number of hydrogen-bond donors (Lipinski definition) is 2. The summed E-state index contributed by atoms with van der Waals surface area (Å²) < 4.78 is 48.6. The Labute approximate surface area is 216 Å². The molecule has 0 spiro atoms. The maximum absolute atomic E-state index is 13.8. The van der Waals surface area contributed by atoms with E-state index in [1.165, 1.54) is 34.9 Å². The van der Waals surface area contributed by atoms with Crippen molar-refractivity contribution >= 4 is 23.2 Å². The quantitative estimate of drug-likeness (QED) is 0.327. The van der Waals surface area contributed by atoms with Crippen molar-refractivity contribution in [1.82, 2.24) is 19.9 Å². The van der Waals surface area contributed by atoms with E-state index in [1.54, 1.807) is 13.8 Å². The van der Waals surface area contributed by atoms with E-state index < -0.39 is 29.2 Å². The van der Waals surface area contributed by atoms with Gasteiger partial charge in [0.05, 0.1) is 29.3 Å². The van der Waals surface area contributed by atoms with Gasteiger partial charge in [-0.3, -0.25) is 9.20 Å². The van der Waals surface area contributed by atoms with E-state index in [2.05, 4.69) is 15.5 Å². The van der Waals surface area contributed by atoms with Crippen molar-refractivity contribution in [3.63, 3.8) is 0 Å². The predicted molar refractivity (Wildman–Crippen MR) is 134 cm³/mol. The van der Waals surface area contributed by atoms with Crippen LogP contribution in [-0.4, -0.2) is 32.7 Å². The lowest BCUT2D eigenvalue weighted by Gasteiger charge is -2.23. The second kappa shape index (κ2) is 10.5. The molecule has 2 heterocycles. The fraction of sp³-hybridized carbons (Fsp3) is 0.269. The minimum Gasteiger partial charge on any atom is -0.374 e. The lowest BCUT2D eigenvalue weighted by molar-refractivity contribution is -0.137. The number of amides is 1. The summed E-state index contributed by atoms with van der Waals surface area (Å²) in [5.41, 5.74) is 5.06. The monoisotopic (exact) mass is 531 g/mol. The largest absolute Gasteiger partial charge is 0.417 e. The van der Waals surface area contributed by atoms with Crippen LogP contribution in [0, 0.1) is 0 Å². The lowest BCUT2D eigenvalue weighted by Crippen LogP contribution is -2.50. The van der Waals surface area contributed by atoms with Gasteiger partial charge in [-0.05, 0) is 37.1 Å². The molecule has 0 saturated heterocycles. The van der Waals surface area contributed by atoms with E-state index in [-0.39, 0.29) is 40.8 Å². The highest BCUT2D eigenvalue weighted by molar-refractivity contribution is 6.31. The summed E-state index contributed by atoms with van der Waals surface area (Å²) in [5.74, 6) is -0.240. The van der Waals surface area contributed by atoms with E-state index in [9.17, 15) is 18.0 Å². The maximum atomic E-state index is 13.8. The van der Waals surface area contributed by atoms with Gasteiger partial charge < -0.3 is 15.8 Å². The Balaban J connectivity index is 1.76. The van der Waals surface area contributed by atoms with Gasteiger partial charge in [-0.25, -0.2) is 0 Å². The van der Waals surface area contributed by atoms with E-state index in [0.29, 0.717) is 0 Å².